The zero-order valence-corrected chi connectivity index (χ0v) is 14.7. The number of carbonyl (C=O) groups is 1. The van der Waals surface area contributed by atoms with E-state index >= 15 is 0 Å². The molecule has 0 aliphatic carbocycles. The molecular formula is C20H12F3N5O. The van der Waals surface area contributed by atoms with Gasteiger partial charge < -0.3 is 10.6 Å². The second-order valence-electron chi connectivity index (χ2n) is 5.97. The van der Waals surface area contributed by atoms with Gasteiger partial charge >= 0.3 is 0 Å². The molecule has 29 heavy (non-hydrogen) atoms. The SMILES string of the molecule is O=C(Nc1ccc(F)c(F)c1F)c1cc(Nc2cccc3cccnc23)ncn1. The summed E-state index contributed by atoms with van der Waals surface area (Å²) >= 11 is 0. The number of carbonyl (C=O) groups excluding carboxylic acids is 1. The Hall–Kier alpha value is -4.01. The molecule has 2 aromatic heterocycles. The maximum atomic E-state index is 13.8. The maximum Gasteiger partial charge on any atom is 0.274 e. The number of nitrogens with one attached hydrogen (secondary N) is 2. The highest BCUT2D eigenvalue weighted by atomic mass is 19.2. The van der Waals surface area contributed by atoms with Gasteiger partial charge in [0.25, 0.3) is 5.91 Å². The van der Waals surface area contributed by atoms with Crippen LogP contribution in [0.15, 0.2) is 61.1 Å². The lowest BCUT2D eigenvalue weighted by molar-refractivity contribution is 0.102. The standard InChI is InChI=1S/C20H12F3N5O/c21-12-6-7-13(18(23)17(12)22)28-20(29)15-9-16(26-10-25-15)27-14-5-1-3-11-4-2-8-24-19(11)14/h1-10H,(H,28,29)(H,25,26,27). The van der Waals surface area contributed by atoms with E-state index in [1.54, 1.807) is 12.3 Å². The summed E-state index contributed by atoms with van der Waals surface area (Å²) in [7, 11) is 0. The first kappa shape index (κ1) is 18.4. The number of fused-ring (bicyclic) bond motifs is 1. The molecule has 0 saturated carbocycles. The van der Waals surface area contributed by atoms with Gasteiger partial charge in [0.1, 0.15) is 17.8 Å². The molecule has 2 heterocycles. The average molecular weight is 395 g/mol. The van der Waals surface area contributed by atoms with Crippen LogP contribution in [0.3, 0.4) is 0 Å². The maximum absolute atomic E-state index is 13.8. The summed E-state index contributed by atoms with van der Waals surface area (Å²) in [6, 6.07) is 12.3. The van der Waals surface area contributed by atoms with Gasteiger partial charge in [0.15, 0.2) is 17.5 Å². The first-order valence-electron chi connectivity index (χ1n) is 8.40. The number of pyridine rings is 1. The van der Waals surface area contributed by atoms with Crippen LogP contribution in [0.25, 0.3) is 10.9 Å². The van der Waals surface area contributed by atoms with E-state index in [4.69, 9.17) is 0 Å². The van der Waals surface area contributed by atoms with E-state index in [1.807, 2.05) is 24.3 Å². The lowest BCUT2D eigenvalue weighted by Crippen LogP contribution is -2.16. The van der Waals surface area contributed by atoms with Crippen LogP contribution in [-0.4, -0.2) is 20.9 Å². The molecule has 2 aromatic carbocycles. The smallest absolute Gasteiger partial charge is 0.274 e. The zero-order chi connectivity index (χ0) is 20.4. The normalized spacial score (nSPS) is 10.7. The number of amides is 1. The Kier molecular flexibility index (Phi) is 4.78. The van der Waals surface area contributed by atoms with Gasteiger partial charge in [-0.25, -0.2) is 23.1 Å². The summed E-state index contributed by atoms with van der Waals surface area (Å²) in [5.41, 5.74) is 0.781. The number of anilines is 3. The highest BCUT2D eigenvalue weighted by Gasteiger charge is 2.17. The van der Waals surface area contributed by atoms with Crippen LogP contribution in [-0.2, 0) is 0 Å². The topological polar surface area (TPSA) is 79.8 Å². The van der Waals surface area contributed by atoms with Crippen molar-refractivity contribution in [1.82, 2.24) is 15.0 Å². The molecule has 6 nitrogen and oxygen atoms in total. The molecule has 1 amide bonds. The van der Waals surface area contributed by atoms with Crippen molar-refractivity contribution in [2.45, 2.75) is 0 Å². The molecule has 0 radical (unpaired) electrons. The fraction of sp³-hybridized carbons (Fsp3) is 0. The summed E-state index contributed by atoms with van der Waals surface area (Å²) in [6.45, 7) is 0. The highest BCUT2D eigenvalue weighted by molar-refractivity contribution is 6.03. The fourth-order valence-electron chi connectivity index (χ4n) is 2.70. The van der Waals surface area contributed by atoms with Crippen molar-refractivity contribution in [2.24, 2.45) is 0 Å². The highest BCUT2D eigenvalue weighted by Crippen LogP contribution is 2.24. The Morgan fingerprint density at radius 3 is 2.55 bits per heavy atom. The number of hydrogen-bond acceptors (Lipinski definition) is 5. The summed E-state index contributed by atoms with van der Waals surface area (Å²) in [6.07, 6.45) is 2.81. The second-order valence-corrected chi connectivity index (χ2v) is 5.97. The van der Waals surface area contributed by atoms with Gasteiger partial charge in [-0.15, -0.1) is 0 Å². The van der Waals surface area contributed by atoms with Crippen molar-refractivity contribution in [1.29, 1.82) is 0 Å². The lowest BCUT2D eigenvalue weighted by atomic mass is 10.2. The monoisotopic (exact) mass is 395 g/mol. The third-order valence-electron chi connectivity index (χ3n) is 4.08. The Bertz CT molecular complexity index is 1230. The van der Waals surface area contributed by atoms with E-state index in [-0.39, 0.29) is 5.69 Å². The van der Waals surface area contributed by atoms with E-state index < -0.39 is 29.0 Å². The summed E-state index contributed by atoms with van der Waals surface area (Å²) in [4.78, 5) is 24.6. The van der Waals surface area contributed by atoms with E-state index in [1.165, 1.54) is 6.07 Å². The predicted octanol–water partition coefficient (Wildman–Crippen LogP) is 4.44. The minimum Gasteiger partial charge on any atom is -0.338 e. The average Bonchev–Trinajstić information content (AvgIpc) is 2.74. The number of rotatable bonds is 4. The van der Waals surface area contributed by atoms with Crippen LogP contribution in [0.1, 0.15) is 10.5 Å². The Morgan fingerprint density at radius 1 is 0.862 bits per heavy atom. The minimum atomic E-state index is -1.67. The van der Waals surface area contributed by atoms with E-state index in [2.05, 4.69) is 25.6 Å². The van der Waals surface area contributed by atoms with Gasteiger partial charge in [-0.1, -0.05) is 18.2 Å². The molecule has 9 heteroatoms. The molecule has 0 aliphatic heterocycles. The molecule has 0 aliphatic rings. The largest absolute Gasteiger partial charge is 0.338 e. The second kappa shape index (κ2) is 7.55. The number of benzene rings is 2. The zero-order valence-electron chi connectivity index (χ0n) is 14.7. The van der Waals surface area contributed by atoms with Crippen molar-refractivity contribution in [3.8, 4) is 0 Å². The number of nitrogens with zero attached hydrogens (tertiary/aromatic N) is 3. The van der Waals surface area contributed by atoms with Crippen LogP contribution in [0, 0.1) is 17.5 Å². The summed E-state index contributed by atoms with van der Waals surface area (Å²) in [5.74, 6) is -5.02. The van der Waals surface area contributed by atoms with Crippen molar-refractivity contribution in [3.63, 3.8) is 0 Å². The minimum absolute atomic E-state index is 0.0974. The summed E-state index contributed by atoms with van der Waals surface area (Å²) < 4.78 is 40.1. The molecule has 4 rings (SSSR count). The Labute approximate surface area is 162 Å². The first-order chi connectivity index (χ1) is 14.0. The van der Waals surface area contributed by atoms with Crippen molar-refractivity contribution in [3.05, 3.63) is 84.2 Å². The third-order valence-corrected chi connectivity index (χ3v) is 4.08. The molecule has 0 atom stereocenters. The fourth-order valence-corrected chi connectivity index (χ4v) is 2.70. The quantitative estimate of drug-likeness (QED) is 0.500. The summed E-state index contributed by atoms with van der Waals surface area (Å²) in [5, 5.41) is 6.14. The van der Waals surface area contributed by atoms with E-state index in [0.29, 0.717) is 23.1 Å². The molecule has 0 bridgehead atoms. The molecular weight excluding hydrogens is 383 g/mol. The molecule has 0 saturated heterocycles. The molecule has 2 N–H and O–H groups in total. The van der Waals surface area contributed by atoms with E-state index in [0.717, 1.165) is 17.8 Å². The van der Waals surface area contributed by atoms with Gasteiger partial charge in [-0.05, 0) is 24.3 Å². The first-order valence-corrected chi connectivity index (χ1v) is 8.40. The van der Waals surface area contributed by atoms with Gasteiger partial charge in [0.05, 0.1) is 16.9 Å². The van der Waals surface area contributed by atoms with Crippen molar-refractivity contribution in [2.75, 3.05) is 10.6 Å². The number of aromatic nitrogens is 3. The predicted molar refractivity (Wildman–Crippen MR) is 101 cm³/mol. The van der Waals surface area contributed by atoms with Gasteiger partial charge in [0.2, 0.25) is 0 Å². The molecule has 144 valence electrons. The van der Waals surface area contributed by atoms with Gasteiger partial charge in [-0.3, -0.25) is 9.78 Å². The van der Waals surface area contributed by atoms with Crippen LogP contribution >= 0.6 is 0 Å². The van der Waals surface area contributed by atoms with Crippen LogP contribution in [0.4, 0.5) is 30.4 Å². The van der Waals surface area contributed by atoms with Crippen LogP contribution in [0.5, 0.6) is 0 Å². The molecule has 0 spiro atoms. The van der Waals surface area contributed by atoms with Crippen LogP contribution in [0.2, 0.25) is 0 Å². The number of para-hydroxylation sites is 1. The van der Waals surface area contributed by atoms with E-state index in [9.17, 15) is 18.0 Å². The van der Waals surface area contributed by atoms with Crippen molar-refractivity contribution >= 4 is 34.0 Å². The van der Waals surface area contributed by atoms with Gasteiger partial charge in [0, 0.05) is 17.6 Å². The van der Waals surface area contributed by atoms with Gasteiger partial charge in [-0.2, -0.15) is 0 Å². The molecule has 4 aromatic rings. The molecule has 0 fully saturated rings. The number of hydrogen-bond donors (Lipinski definition) is 2. The third kappa shape index (κ3) is 3.70. The Morgan fingerprint density at radius 2 is 1.69 bits per heavy atom. The van der Waals surface area contributed by atoms with Crippen molar-refractivity contribution < 1.29 is 18.0 Å². The number of halogens is 3. The Balaban J connectivity index is 1.59. The lowest BCUT2D eigenvalue weighted by Gasteiger charge is -2.10. The van der Waals surface area contributed by atoms with Crippen LogP contribution < -0.4 is 10.6 Å². The molecule has 0 unspecified atom stereocenters.